The fraction of sp³-hybridized carbons (Fsp3) is 0.516. The van der Waals surface area contributed by atoms with Gasteiger partial charge in [0.15, 0.2) is 41.7 Å². The van der Waals surface area contributed by atoms with Gasteiger partial charge in [0.05, 0.1) is 33.5 Å². The normalized spacial score (nSPS) is 31.5. The number of rotatable bonds is 12. The van der Waals surface area contributed by atoms with Crippen molar-refractivity contribution >= 4 is 12.0 Å². The minimum atomic E-state index is -1.75. The molecule has 15 heteroatoms. The second kappa shape index (κ2) is 15.9. The van der Waals surface area contributed by atoms with Crippen LogP contribution in [-0.2, 0) is 34.9 Å². The van der Waals surface area contributed by atoms with Crippen molar-refractivity contribution < 1.29 is 73.7 Å². The standard InChI is InChI=1S/C31H40O15/c1-15-24(36)25(37)26(38)31(43-15)46-29-27(39)30(42-11-10-17-5-8-21(41-3)19(34)13-17)44-22(14-32)28(29)45-23(35)9-6-16-4-7-20(40-2)18(33)12-16/h4-9,12-13,15,22,24-34,36-39H,10-11,14H2,1-3H3/t15-,22+,24+,25-,26-,27+,28+,29-,30+,31-/m0/s1. The van der Waals surface area contributed by atoms with Crippen molar-refractivity contribution in [2.75, 3.05) is 27.4 Å². The molecule has 15 nitrogen and oxygen atoms in total. The molecule has 0 amide bonds. The average molecular weight is 653 g/mol. The molecule has 2 aliphatic rings. The van der Waals surface area contributed by atoms with E-state index < -0.39 is 74.0 Å². The molecule has 0 aromatic heterocycles. The summed E-state index contributed by atoms with van der Waals surface area (Å²) in [5.41, 5.74) is 1.11. The third-order valence-electron chi connectivity index (χ3n) is 7.68. The largest absolute Gasteiger partial charge is 0.504 e. The zero-order valence-electron chi connectivity index (χ0n) is 25.4. The Hall–Kier alpha value is -3.51. The smallest absolute Gasteiger partial charge is 0.331 e. The van der Waals surface area contributed by atoms with Crippen molar-refractivity contribution in [3.63, 3.8) is 0 Å². The fourth-order valence-corrected chi connectivity index (χ4v) is 5.09. The molecule has 254 valence electrons. The average Bonchev–Trinajstić information content (AvgIpc) is 3.04. The molecule has 0 saturated carbocycles. The first-order chi connectivity index (χ1) is 22.0. The fourth-order valence-electron chi connectivity index (χ4n) is 5.09. The highest BCUT2D eigenvalue weighted by atomic mass is 16.7. The zero-order valence-corrected chi connectivity index (χ0v) is 25.4. The number of carbonyl (C=O) groups is 1. The number of aliphatic hydroxyl groups excluding tert-OH is 5. The number of phenolic OH excluding ortho intramolecular Hbond substituents is 2. The number of hydrogen-bond donors (Lipinski definition) is 7. The summed E-state index contributed by atoms with van der Waals surface area (Å²) in [4.78, 5) is 12.9. The minimum Gasteiger partial charge on any atom is -0.504 e. The van der Waals surface area contributed by atoms with E-state index in [4.69, 9.17) is 33.2 Å². The summed E-state index contributed by atoms with van der Waals surface area (Å²) in [5, 5.41) is 72.5. The van der Waals surface area contributed by atoms with E-state index in [9.17, 15) is 40.5 Å². The molecular formula is C31H40O15. The molecule has 0 spiro atoms. The van der Waals surface area contributed by atoms with Crippen LogP contribution in [0.3, 0.4) is 0 Å². The molecule has 0 radical (unpaired) electrons. The van der Waals surface area contributed by atoms with Crippen molar-refractivity contribution in [2.45, 2.75) is 74.8 Å². The van der Waals surface area contributed by atoms with E-state index >= 15 is 0 Å². The molecule has 0 unspecified atom stereocenters. The first kappa shape index (κ1) is 35.3. The lowest BCUT2D eigenvalue weighted by Crippen LogP contribution is -2.65. The number of benzene rings is 2. The molecule has 7 N–H and O–H groups in total. The molecule has 2 heterocycles. The molecule has 10 atom stereocenters. The number of aromatic hydroxyl groups is 2. The van der Waals surface area contributed by atoms with Crippen LogP contribution < -0.4 is 9.47 Å². The molecule has 2 saturated heterocycles. The SMILES string of the molecule is COc1ccc(C=CC(=O)O[C@H]2[C@@H](O[C@@H]3O[C@@H](C)[C@@H](O)[C@H](O)[C@@H]3O)[C@@H](O)[C@H](OCCc3ccc(OC)c(O)c3)O[C@@H]2CO)cc1O. The van der Waals surface area contributed by atoms with Gasteiger partial charge in [0, 0.05) is 6.08 Å². The van der Waals surface area contributed by atoms with Crippen LogP contribution in [0.15, 0.2) is 42.5 Å². The van der Waals surface area contributed by atoms with E-state index in [0.717, 1.165) is 6.08 Å². The molecule has 2 aromatic rings. The van der Waals surface area contributed by atoms with Crippen molar-refractivity contribution in [1.29, 1.82) is 0 Å². The van der Waals surface area contributed by atoms with Crippen LogP contribution in [0.25, 0.3) is 6.08 Å². The number of aliphatic hydroxyl groups is 5. The van der Waals surface area contributed by atoms with Gasteiger partial charge in [-0.1, -0.05) is 12.1 Å². The van der Waals surface area contributed by atoms with Gasteiger partial charge in [-0.2, -0.15) is 0 Å². The third-order valence-corrected chi connectivity index (χ3v) is 7.68. The zero-order chi connectivity index (χ0) is 33.5. The number of esters is 1. The lowest BCUT2D eigenvalue weighted by molar-refractivity contribution is -0.357. The van der Waals surface area contributed by atoms with Gasteiger partial charge in [-0.05, 0) is 54.8 Å². The first-order valence-electron chi connectivity index (χ1n) is 14.5. The maximum atomic E-state index is 12.9. The number of ether oxygens (including phenoxy) is 7. The highest BCUT2D eigenvalue weighted by Gasteiger charge is 2.52. The number of hydrogen-bond acceptors (Lipinski definition) is 15. The van der Waals surface area contributed by atoms with Gasteiger partial charge in [0.25, 0.3) is 0 Å². The maximum Gasteiger partial charge on any atom is 0.331 e. The third kappa shape index (κ3) is 8.25. The molecular weight excluding hydrogens is 612 g/mol. The summed E-state index contributed by atoms with van der Waals surface area (Å²) in [6, 6.07) is 9.21. The second-order valence-corrected chi connectivity index (χ2v) is 10.8. The number of phenols is 2. The van der Waals surface area contributed by atoms with Crippen molar-refractivity contribution in [2.24, 2.45) is 0 Å². The van der Waals surface area contributed by atoms with E-state index in [1.54, 1.807) is 18.2 Å². The molecule has 4 rings (SSSR count). The summed E-state index contributed by atoms with van der Waals surface area (Å²) < 4.78 is 38.5. The lowest BCUT2D eigenvalue weighted by Gasteiger charge is -2.46. The Morgan fingerprint density at radius 1 is 0.848 bits per heavy atom. The summed E-state index contributed by atoms with van der Waals surface area (Å²) in [7, 11) is 2.81. The van der Waals surface area contributed by atoms with Crippen LogP contribution in [0.2, 0.25) is 0 Å². The van der Waals surface area contributed by atoms with Gasteiger partial charge in [-0.15, -0.1) is 0 Å². The highest BCUT2D eigenvalue weighted by Crippen LogP contribution is 2.32. The Labute approximate surface area is 264 Å². The van der Waals surface area contributed by atoms with Gasteiger partial charge >= 0.3 is 5.97 Å². The Bertz CT molecular complexity index is 1340. The maximum absolute atomic E-state index is 12.9. The second-order valence-electron chi connectivity index (χ2n) is 10.8. The Kier molecular flexibility index (Phi) is 12.2. The minimum absolute atomic E-state index is 0.0231. The highest BCUT2D eigenvalue weighted by molar-refractivity contribution is 5.87. The summed E-state index contributed by atoms with van der Waals surface area (Å²) in [6.45, 7) is 0.707. The van der Waals surface area contributed by atoms with E-state index in [-0.39, 0.29) is 36.0 Å². The van der Waals surface area contributed by atoms with Crippen LogP contribution in [-0.4, -0.2) is 131 Å². The van der Waals surface area contributed by atoms with E-state index in [1.807, 2.05) is 0 Å². The Morgan fingerprint density at radius 2 is 1.52 bits per heavy atom. The van der Waals surface area contributed by atoms with Crippen LogP contribution in [0, 0.1) is 0 Å². The van der Waals surface area contributed by atoms with Crippen LogP contribution in [0.4, 0.5) is 0 Å². The predicted octanol–water partition coefficient (Wildman–Crippen LogP) is -0.410. The first-order valence-corrected chi connectivity index (χ1v) is 14.5. The molecule has 2 aromatic carbocycles. The van der Waals surface area contributed by atoms with Crippen LogP contribution >= 0.6 is 0 Å². The van der Waals surface area contributed by atoms with E-state index in [1.165, 1.54) is 45.4 Å². The monoisotopic (exact) mass is 652 g/mol. The predicted molar refractivity (Wildman–Crippen MR) is 157 cm³/mol. The van der Waals surface area contributed by atoms with Crippen molar-refractivity contribution in [3.8, 4) is 23.0 Å². The van der Waals surface area contributed by atoms with Crippen LogP contribution in [0.1, 0.15) is 18.1 Å². The Balaban J connectivity index is 1.52. The number of carbonyl (C=O) groups excluding carboxylic acids is 1. The summed E-state index contributed by atoms with van der Waals surface area (Å²) in [6.07, 6.45) is -12.1. The Morgan fingerprint density at radius 3 is 2.15 bits per heavy atom. The topological polar surface area (TPSA) is 223 Å². The molecule has 0 aliphatic carbocycles. The van der Waals surface area contributed by atoms with Gasteiger partial charge in [0.2, 0.25) is 0 Å². The van der Waals surface area contributed by atoms with Gasteiger partial charge in [0.1, 0.15) is 36.6 Å². The van der Waals surface area contributed by atoms with Crippen molar-refractivity contribution in [1.82, 2.24) is 0 Å². The van der Waals surface area contributed by atoms with Gasteiger partial charge in [-0.25, -0.2) is 4.79 Å². The van der Waals surface area contributed by atoms with Crippen molar-refractivity contribution in [3.05, 3.63) is 53.6 Å². The van der Waals surface area contributed by atoms with Crippen LogP contribution in [0.5, 0.6) is 23.0 Å². The number of methoxy groups -OCH3 is 2. The van der Waals surface area contributed by atoms with Gasteiger partial charge < -0.3 is 68.9 Å². The van der Waals surface area contributed by atoms with E-state index in [0.29, 0.717) is 11.1 Å². The lowest BCUT2D eigenvalue weighted by atomic mass is 9.97. The molecule has 46 heavy (non-hydrogen) atoms. The summed E-state index contributed by atoms with van der Waals surface area (Å²) in [5.74, 6) is -0.637. The molecule has 2 fully saturated rings. The quantitative estimate of drug-likeness (QED) is 0.114. The molecule has 0 bridgehead atoms. The van der Waals surface area contributed by atoms with Gasteiger partial charge in [-0.3, -0.25) is 0 Å². The summed E-state index contributed by atoms with van der Waals surface area (Å²) >= 11 is 0. The van der Waals surface area contributed by atoms with E-state index in [2.05, 4.69) is 0 Å². The molecule has 2 aliphatic heterocycles.